The van der Waals surface area contributed by atoms with Crippen molar-refractivity contribution in [3.8, 4) is 17.1 Å². The predicted molar refractivity (Wildman–Crippen MR) is 110 cm³/mol. The summed E-state index contributed by atoms with van der Waals surface area (Å²) in [5.41, 5.74) is 4.72. The quantitative estimate of drug-likeness (QED) is 0.529. The molecule has 0 radical (unpaired) electrons. The fourth-order valence-corrected chi connectivity index (χ4v) is 3.61. The van der Waals surface area contributed by atoms with Crippen LogP contribution in [0.5, 0.6) is 0 Å². The third-order valence-electron chi connectivity index (χ3n) is 4.87. The van der Waals surface area contributed by atoms with Crippen LogP contribution in [0.4, 0.5) is 5.69 Å². The van der Waals surface area contributed by atoms with E-state index in [1.54, 1.807) is 6.20 Å². The molecule has 0 saturated carbocycles. The van der Waals surface area contributed by atoms with Crippen molar-refractivity contribution in [3.05, 3.63) is 65.9 Å². The summed E-state index contributed by atoms with van der Waals surface area (Å²) >= 11 is 6.08. The summed E-state index contributed by atoms with van der Waals surface area (Å²) in [5.74, 6) is 0.636. The first kappa shape index (κ1) is 17.2. The lowest BCUT2D eigenvalue weighted by Crippen LogP contribution is -2.36. The second kappa shape index (κ2) is 7.22. The van der Waals surface area contributed by atoms with Gasteiger partial charge in [-0.15, -0.1) is 0 Å². The highest BCUT2D eigenvalue weighted by molar-refractivity contribution is 6.30. The van der Waals surface area contributed by atoms with Gasteiger partial charge in [-0.1, -0.05) is 23.7 Å². The van der Waals surface area contributed by atoms with E-state index in [4.69, 9.17) is 16.3 Å². The minimum Gasteiger partial charge on any atom is -0.378 e. The highest BCUT2D eigenvalue weighted by Gasteiger charge is 2.13. The van der Waals surface area contributed by atoms with Crippen LogP contribution in [0.15, 0.2) is 60.9 Å². The van der Waals surface area contributed by atoms with E-state index in [0.717, 1.165) is 48.6 Å². The minimum absolute atomic E-state index is 0.636. The van der Waals surface area contributed by atoms with E-state index >= 15 is 0 Å². The Hall–Kier alpha value is -2.96. The first-order chi connectivity index (χ1) is 13.8. The molecular formula is C21H18ClN5O. The number of aromatic nitrogens is 4. The Labute approximate surface area is 167 Å². The molecule has 2 aromatic carbocycles. The zero-order valence-electron chi connectivity index (χ0n) is 15.1. The number of fused-ring (bicyclic) bond motifs is 1. The predicted octanol–water partition coefficient (Wildman–Crippen LogP) is 3.97. The second-order valence-electron chi connectivity index (χ2n) is 6.65. The third kappa shape index (κ3) is 3.21. The van der Waals surface area contributed by atoms with E-state index in [2.05, 4.69) is 44.2 Å². The Morgan fingerprint density at radius 1 is 0.929 bits per heavy atom. The van der Waals surface area contributed by atoms with Gasteiger partial charge < -0.3 is 9.64 Å². The molecular weight excluding hydrogens is 374 g/mol. The van der Waals surface area contributed by atoms with Gasteiger partial charge in [-0.3, -0.25) is 0 Å². The van der Waals surface area contributed by atoms with Crippen molar-refractivity contribution in [2.75, 3.05) is 31.2 Å². The molecule has 1 aliphatic rings. The van der Waals surface area contributed by atoms with Crippen LogP contribution < -0.4 is 4.90 Å². The molecule has 2 aromatic heterocycles. The number of hydrogen-bond donors (Lipinski definition) is 0. The molecule has 7 heteroatoms. The summed E-state index contributed by atoms with van der Waals surface area (Å²) in [4.78, 5) is 11.5. The van der Waals surface area contributed by atoms with E-state index in [9.17, 15) is 0 Å². The van der Waals surface area contributed by atoms with Gasteiger partial charge in [0.25, 0.3) is 0 Å². The van der Waals surface area contributed by atoms with Crippen molar-refractivity contribution in [2.45, 2.75) is 0 Å². The number of rotatable bonds is 3. The van der Waals surface area contributed by atoms with Gasteiger partial charge in [-0.05, 0) is 36.4 Å². The molecule has 28 heavy (non-hydrogen) atoms. The first-order valence-corrected chi connectivity index (χ1v) is 9.55. The fourth-order valence-electron chi connectivity index (χ4n) is 3.42. The van der Waals surface area contributed by atoms with Crippen molar-refractivity contribution < 1.29 is 4.74 Å². The Kier molecular flexibility index (Phi) is 4.43. The second-order valence-corrected chi connectivity index (χ2v) is 7.08. The van der Waals surface area contributed by atoms with Crippen LogP contribution in [0.2, 0.25) is 5.02 Å². The summed E-state index contributed by atoms with van der Waals surface area (Å²) in [5, 5.41) is 5.18. The molecule has 0 N–H and O–H groups in total. The standard InChI is InChI=1S/C21H18ClN5O/c22-16-3-1-2-15(12-16)21-23-14-20-19(25-21)13-24-27(20)18-6-4-17(5-7-18)26-8-10-28-11-9-26/h1-7,12-14H,8-11H2. The Balaban J connectivity index is 1.46. The molecule has 5 rings (SSSR count). The maximum absolute atomic E-state index is 6.08. The van der Waals surface area contributed by atoms with Crippen LogP contribution in [-0.2, 0) is 4.74 Å². The zero-order valence-corrected chi connectivity index (χ0v) is 15.9. The number of morpholine rings is 1. The molecule has 0 amide bonds. The van der Waals surface area contributed by atoms with Gasteiger partial charge in [0.05, 0.1) is 31.3 Å². The Morgan fingerprint density at radius 2 is 1.71 bits per heavy atom. The minimum atomic E-state index is 0.636. The van der Waals surface area contributed by atoms with Crippen molar-refractivity contribution in [2.24, 2.45) is 0 Å². The van der Waals surface area contributed by atoms with Crippen LogP contribution in [0.1, 0.15) is 0 Å². The summed E-state index contributed by atoms with van der Waals surface area (Å²) in [6.07, 6.45) is 3.57. The lowest BCUT2D eigenvalue weighted by Gasteiger charge is -2.28. The van der Waals surface area contributed by atoms with Crippen molar-refractivity contribution in [1.82, 2.24) is 19.7 Å². The van der Waals surface area contributed by atoms with Gasteiger partial charge >= 0.3 is 0 Å². The van der Waals surface area contributed by atoms with Crippen LogP contribution in [-0.4, -0.2) is 46.1 Å². The fraction of sp³-hybridized carbons (Fsp3) is 0.190. The van der Waals surface area contributed by atoms with Crippen LogP contribution in [0.25, 0.3) is 28.1 Å². The highest BCUT2D eigenvalue weighted by Crippen LogP contribution is 2.24. The molecule has 0 unspecified atom stereocenters. The van der Waals surface area contributed by atoms with Crippen LogP contribution in [0.3, 0.4) is 0 Å². The van der Waals surface area contributed by atoms with Gasteiger partial charge in [0, 0.05) is 29.4 Å². The van der Waals surface area contributed by atoms with Crippen LogP contribution >= 0.6 is 11.6 Å². The maximum atomic E-state index is 6.08. The zero-order chi connectivity index (χ0) is 18.9. The summed E-state index contributed by atoms with van der Waals surface area (Å²) in [6, 6.07) is 15.9. The largest absolute Gasteiger partial charge is 0.378 e. The van der Waals surface area contributed by atoms with E-state index in [-0.39, 0.29) is 0 Å². The molecule has 1 fully saturated rings. The first-order valence-electron chi connectivity index (χ1n) is 9.18. The van der Waals surface area contributed by atoms with E-state index in [0.29, 0.717) is 10.8 Å². The summed E-state index contributed by atoms with van der Waals surface area (Å²) < 4.78 is 7.28. The normalized spacial score (nSPS) is 14.5. The lowest BCUT2D eigenvalue weighted by molar-refractivity contribution is 0.122. The topological polar surface area (TPSA) is 56.1 Å². The highest BCUT2D eigenvalue weighted by atomic mass is 35.5. The monoisotopic (exact) mass is 391 g/mol. The number of anilines is 1. The Bertz CT molecular complexity index is 1120. The van der Waals surface area contributed by atoms with Crippen molar-refractivity contribution in [1.29, 1.82) is 0 Å². The molecule has 3 heterocycles. The molecule has 0 spiro atoms. The molecule has 0 bridgehead atoms. The van der Waals surface area contributed by atoms with Gasteiger partial charge in [-0.2, -0.15) is 5.10 Å². The van der Waals surface area contributed by atoms with Gasteiger partial charge in [0.15, 0.2) is 5.82 Å². The smallest absolute Gasteiger partial charge is 0.160 e. The molecule has 4 aromatic rings. The van der Waals surface area contributed by atoms with Crippen molar-refractivity contribution in [3.63, 3.8) is 0 Å². The molecule has 140 valence electrons. The van der Waals surface area contributed by atoms with Gasteiger partial charge in [0.2, 0.25) is 0 Å². The molecule has 1 saturated heterocycles. The average molecular weight is 392 g/mol. The summed E-state index contributed by atoms with van der Waals surface area (Å²) in [7, 11) is 0. The lowest BCUT2D eigenvalue weighted by atomic mass is 10.2. The maximum Gasteiger partial charge on any atom is 0.160 e. The molecule has 1 aliphatic heterocycles. The van der Waals surface area contributed by atoms with Gasteiger partial charge in [0.1, 0.15) is 11.0 Å². The van der Waals surface area contributed by atoms with Gasteiger partial charge in [-0.25, -0.2) is 14.6 Å². The SMILES string of the molecule is Clc1cccc(-c2ncc3c(cnn3-c3ccc(N4CCOCC4)cc3)n2)c1. The molecule has 0 aliphatic carbocycles. The number of ether oxygens (including phenoxy) is 1. The summed E-state index contributed by atoms with van der Waals surface area (Å²) in [6.45, 7) is 3.39. The van der Waals surface area contributed by atoms with E-state index < -0.39 is 0 Å². The molecule has 6 nitrogen and oxygen atoms in total. The number of benzene rings is 2. The number of hydrogen-bond acceptors (Lipinski definition) is 5. The third-order valence-corrected chi connectivity index (χ3v) is 5.11. The average Bonchev–Trinajstić information content (AvgIpc) is 3.18. The Morgan fingerprint density at radius 3 is 2.50 bits per heavy atom. The van der Waals surface area contributed by atoms with Crippen LogP contribution in [0, 0.1) is 0 Å². The number of halogens is 1. The van der Waals surface area contributed by atoms with Crippen molar-refractivity contribution >= 4 is 28.3 Å². The molecule has 0 atom stereocenters. The van der Waals surface area contributed by atoms with E-state index in [1.165, 1.54) is 5.69 Å². The van der Waals surface area contributed by atoms with E-state index in [1.807, 2.05) is 35.1 Å². The number of nitrogens with zero attached hydrogens (tertiary/aromatic N) is 5.